The molecule has 0 aliphatic heterocycles. The molecule has 140 valence electrons. The van der Waals surface area contributed by atoms with Crippen molar-refractivity contribution in [2.24, 2.45) is 5.92 Å². The van der Waals surface area contributed by atoms with Gasteiger partial charge in [0.2, 0.25) is 5.91 Å². The lowest BCUT2D eigenvalue weighted by molar-refractivity contribution is -0.114. The number of ether oxygens (including phenoxy) is 2. The zero-order chi connectivity index (χ0) is 18.8. The predicted molar refractivity (Wildman–Crippen MR) is 106 cm³/mol. The average molecular weight is 356 g/mol. The minimum Gasteiger partial charge on any atom is -0.494 e. The molecule has 0 bridgehead atoms. The lowest BCUT2D eigenvalue weighted by Crippen LogP contribution is -2.22. The Labute approximate surface area is 155 Å². The summed E-state index contributed by atoms with van der Waals surface area (Å²) in [6.45, 7) is 7.75. The molecule has 2 N–H and O–H groups in total. The molecule has 1 amide bonds. The maximum atomic E-state index is 12.2. The molecule has 5 heteroatoms. The number of anilines is 2. The van der Waals surface area contributed by atoms with Gasteiger partial charge in [-0.1, -0.05) is 32.9 Å². The zero-order valence-corrected chi connectivity index (χ0v) is 15.7. The third-order valence-electron chi connectivity index (χ3n) is 3.51. The quantitative estimate of drug-likeness (QED) is 0.655. The topological polar surface area (TPSA) is 59.6 Å². The standard InChI is InChI=1S/C21H28N2O3/c1-4-13-25-18-11-9-17(10-12-18)23-21(24)14-22-19-7-5-6-8-20(19)26-15-16(2)3/h5-12,16,22H,4,13-15H2,1-3H3,(H,23,24). The van der Waals surface area contributed by atoms with E-state index in [0.717, 1.165) is 29.3 Å². The molecule has 0 saturated carbocycles. The Bertz CT molecular complexity index is 684. The van der Waals surface area contributed by atoms with Crippen LogP contribution < -0.4 is 20.1 Å². The number of para-hydroxylation sites is 2. The van der Waals surface area contributed by atoms with E-state index in [1.54, 1.807) is 0 Å². The molecule has 0 aliphatic rings. The van der Waals surface area contributed by atoms with Crippen molar-refractivity contribution >= 4 is 17.3 Å². The third kappa shape index (κ3) is 6.67. The second kappa shape index (κ2) is 10.3. The minimum atomic E-state index is -0.120. The molecule has 0 radical (unpaired) electrons. The molecule has 5 nitrogen and oxygen atoms in total. The van der Waals surface area contributed by atoms with Gasteiger partial charge in [0.15, 0.2) is 0 Å². The first-order valence-electron chi connectivity index (χ1n) is 9.07. The summed E-state index contributed by atoms with van der Waals surface area (Å²) in [4.78, 5) is 12.2. The summed E-state index contributed by atoms with van der Waals surface area (Å²) in [6, 6.07) is 15.0. The molecule has 0 spiro atoms. The van der Waals surface area contributed by atoms with Gasteiger partial charge in [-0.15, -0.1) is 0 Å². The van der Waals surface area contributed by atoms with Crippen LogP contribution in [0.3, 0.4) is 0 Å². The average Bonchev–Trinajstić information content (AvgIpc) is 2.64. The van der Waals surface area contributed by atoms with Gasteiger partial charge in [0, 0.05) is 5.69 Å². The molecule has 26 heavy (non-hydrogen) atoms. The van der Waals surface area contributed by atoms with Crippen LogP contribution in [-0.4, -0.2) is 25.7 Å². The second-order valence-electron chi connectivity index (χ2n) is 6.48. The maximum Gasteiger partial charge on any atom is 0.243 e. The third-order valence-corrected chi connectivity index (χ3v) is 3.51. The van der Waals surface area contributed by atoms with Crippen molar-refractivity contribution < 1.29 is 14.3 Å². The van der Waals surface area contributed by atoms with E-state index in [9.17, 15) is 4.79 Å². The van der Waals surface area contributed by atoms with Gasteiger partial charge in [-0.25, -0.2) is 0 Å². The normalized spacial score (nSPS) is 10.5. The van der Waals surface area contributed by atoms with Crippen LogP contribution in [0.25, 0.3) is 0 Å². The van der Waals surface area contributed by atoms with E-state index in [2.05, 4.69) is 31.4 Å². The molecule has 2 aromatic carbocycles. The lowest BCUT2D eigenvalue weighted by Gasteiger charge is -2.14. The van der Waals surface area contributed by atoms with Crippen LogP contribution >= 0.6 is 0 Å². The molecule has 0 aromatic heterocycles. The first-order chi connectivity index (χ1) is 12.6. The number of carbonyl (C=O) groups excluding carboxylic acids is 1. The van der Waals surface area contributed by atoms with E-state index < -0.39 is 0 Å². The highest BCUT2D eigenvalue weighted by Crippen LogP contribution is 2.24. The highest BCUT2D eigenvalue weighted by atomic mass is 16.5. The molecule has 2 aromatic rings. The second-order valence-corrected chi connectivity index (χ2v) is 6.48. The number of amides is 1. The largest absolute Gasteiger partial charge is 0.494 e. The number of rotatable bonds is 10. The first kappa shape index (κ1) is 19.6. The van der Waals surface area contributed by atoms with Crippen LogP contribution in [0.4, 0.5) is 11.4 Å². The number of hydrogen-bond donors (Lipinski definition) is 2. The van der Waals surface area contributed by atoms with Crippen molar-refractivity contribution in [3.05, 3.63) is 48.5 Å². The molecule has 0 unspecified atom stereocenters. The maximum absolute atomic E-state index is 12.2. The van der Waals surface area contributed by atoms with Crippen LogP contribution in [0.1, 0.15) is 27.2 Å². The van der Waals surface area contributed by atoms with Gasteiger partial charge in [0.1, 0.15) is 11.5 Å². The van der Waals surface area contributed by atoms with E-state index in [0.29, 0.717) is 19.1 Å². The van der Waals surface area contributed by atoms with Crippen LogP contribution in [-0.2, 0) is 4.79 Å². The molecule has 0 saturated heterocycles. The molecule has 2 rings (SSSR count). The number of nitrogens with one attached hydrogen (secondary N) is 2. The van der Waals surface area contributed by atoms with Crippen molar-refractivity contribution in [3.8, 4) is 11.5 Å². The van der Waals surface area contributed by atoms with Crippen LogP contribution in [0.5, 0.6) is 11.5 Å². The van der Waals surface area contributed by atoms with Crippen LogP contribution in [0.15, 0.2) is 48.5 Å². The predicted octanol–water partition coefficient (Wildman–Crippen LogP) is 4.56. The SMILES string of the molecule is CCCOc1ccc(NC(=O)CNc2ccccc2OCC(C)C)cc1. The fourth-order valence-corrected chi connectivity index (χ4v) is 2.23. The summed E-state index contributed by atoms with van der Waals surface area (Å²) in [5.41, 5.74) is 1.55. The van der Waals surface area contributed by atoms with Gasteiger partial charge in [-0.05, 0) is 48.7 Å². The zero-order valence-electron chi connectivity index (χ0n) is 15.7. The molecule has 0 atom stereocenters. The van der Waals surface area contributed by atoms with Gasteiger partial charge in [0.25, 0.3) is 0 Å². The van der Waals surface area contributed by atoms with Crippen LogP contribution in [0, 0.1) is 5.92 Å². The highest BCUT2D eigenvalue weighted by Gasteiger charge is 2.07. The number of benzene rings is 2. The van der Waals surface area contributed by atoms with Crippen molar-refractivity contribution in [1.29, 1.82) is 0 Å². The van der Waals surface area contributed by atoms with Crippen molar-refractivity contribution in [1.82, 2.24) is 0 Å². The van der Waals surface area contributed by atoms with Gasteiger partial charge in [0.05, 0.1) is 25.4 Å². The van der Waals surface area contributed by atoms with Crippen molar-refractivity contribution in [3.63, 3.8) is 0 Å². The fraction of sp³-hybridized carbons (Fsp3) is 0.381. The van der Waals surface area contributed by atoms with E-state index in [1.807, 2.05) is 48.5 Å². The van der Waals surface area contributed by atoms with Crippen LogP contribution in [0.2, 0.25) is 0 Å². The summed E-state index contributed by atoms with van der Waals surface area (Å²) >= 11 is 0. The van der Waals surface area contributed by atoms with E-state index in [4.69, 9.17) is 9.47 Å². The minimum absolute atomic E-state index is 0.120. The summed E-state index contributed by atoms with van der Waals surface area (Å²) in [7, 11) is 0. The van der Waals surface area contributed by atoms with Gasteiger partial charge < -0.3 is 20.1 Å². The monoisotopic (exact) mass is 356 g/mol. The summed E-state index contributed by atoms with van der Waals surface area (Å²) in [5, 5.41) is 6.00. The lowest BCUT2D eigenvalue weighted by atomic mass is 10.2. The highest BCUT2D eigenvalue weighted by molar-refractivity contribution is 5.94. The molecule has 0 aliphatic carbocycles. The summed E-state index contributed by atoms with van der Waals surface area (Å²) in [6.07, 6.45) is 0.965. The van der Waals surface area contributed by atoms with E-state index >= 15 is 0 Å². The Hall–Kier alpha value is -2.69. The van der Waals surface area contributed by atoms with E-state index in [-0.39, 0.29) is 12.5 Å². The van der Waals surface area contributed by atoms with Crippen molar-refractivity contribution in [2.75, 3.05) is 30.4 Å². The van der Waals surface area contributed by atoms with Gasteiger partial charge in [-0.2, -0.15) is 0 Å². The molecular formula is C21H28N2O3. The Kier molecular flexibility index (Phi) is 7.80. The Morgan fingerprint density at radius 2 is 1.77 bits per heavy atom. The number of hydrogen-bond acceptors (Lipinski definition) is 4. The molecular weight excluding hydrogens is 328 g/mol. The van der Waals surface area contributed by atoms with E-state index in [1.165, 1.54) is 0 Å². The van der Waals surface area contributed by atoms with Gasteiger partial charge in [-0.3, -0.25) is 4.79 Å². The molecule has 0 heterocycles. The summed E-state index contributed by atoms with van der Waals surface area (Å²) < 4.78 is 11.3. The Balaban J connectivity index is 1.85. The summed E-state index contributed by atoms with van der Waals surface area (Å²) in [5.74, 6) is 1.88. The van der Waals surface area contributed by atoms with Crippen molar-refractivity contribution in [2.45, 2.75) is 27.2 Å². The number of carbonyl (C=O) groups is 1. The first-order valence-corrected chi connectivity index (χ1v) is 9.07. The Morgan fingerprint density at radius 3 is 2.46 bits per heavy atom. The smallest absolute Gasteiger partial charge is 0.243 e. The Morgan fingerprint density at radius 1 is 1.04 bits per heavy atom. The van der Waals surface area contributed by atoms with Gasteiger partial charge >= 0.3 is 0 Å². The fourth-order valence-electron chi connectivity index (χ4n) is 2.23. The molecule has 0 fully saturated rings.